The van der Waals surface area contributed by atoms with E-state index < -0.39 is 0 Å². The third kappa shape index (κ3) is 2.43. The second kappa shape index (κ2) is 5.14. The number of nitrogens with two attached hydrogens (primary N) is 1. The van der Waals surface area contributed by atoms with Crippen LogP contribution in [-0.2, 0) is 0 Å². The fraction of sp³-hybridized carbons (Fsp3) is 0.538. The zero-order valence-corrected chi connectivity index (χ0v) is 11.4. The van der Waals surface area contributed by atoms with E-state index in [1.165, 1.54) is 12.6 Å². The van der Waals surface area contributed by atoms with Gasteiger partial charge in [0.25, 0.3) is 5.91 Å². The van der Waals surface area contributed by atoms with E-state index in [1.807, 2.05) is 4.90 Å². The molecule has 2 unspecified atom stereocenters. The van der Waals surface area contributed by atoms with Crippen LogP contribution in [0.5, 0.6) is 0 Å². The maximum atomic E-state index is 12.6. The molecule has 1 aromatic rings. The number of nitrogen functional groups attached to an aromatic ring is 1. The Hall–Kier alpha value is -1.29. The summed E-state index contributed by atoms with van der Waals surface area (Å²) in [4.78, 5) is 18.3. The van der Waals surface area contributed by atoms with E-state index >= 15 is 0 Å². The highest BCUT2D eigenvalue weighted by Crippen LogP contribution is 2.27. The zero-order valence-electron chi connectivity index (χ0n) is 10.7. The van der Waals surface area contributed by atoms with Crippen molar-refractivity contribution >= 4 is 23.3 Å². The minimum absolute atomic E-state index is 0.0474. The molecule has 1 saturated heterocycles. The highest BCUT2D eigenvalue weighted by atomic mass is 35.5. The molecule has 2 N–H and O–H groups in total. The molecule has 2 atom stereocenters. The van der Waals surface area contributed by atoms with E-state index in [4.69, 9.17) is 17.3 Å². The predicted octanol–water partition coefficient (Wildman–Crippen LogP) is 2.72. The zero-order chi connectivity index (χ0) is 13.3. The standard InChI is InChI=1S/C13H18ClN3O/c1-8-4-3-5-9(2)17(8)13(18)10-6-12(15)16-7-11(10)14/h6-9H,3-5H2,1-2H3,(H2,15,16). The summed E-state index contributed by atoms with van der Waals surface area (Å²) in [6, 6.07) is 2.04. The van der Waals surface area contributed by atoms with Crippen LogP contribution in [0.2, 0.25) is 5.02 Å². The van der Waals surface area contributed by atoms with Crippen LogP contribution < -0.4 is 5.73 Å². The van der Waals surface area contributed by atoms with Crippen LogP contribution in [0, 0.1) is 0 Å². The van der Waals surface area contributed by atoms with Crippen LogP contribution in [0.1, 0.15) is 43.5 Å². The molecule has 0 spiro atoms. The van der Waals surface area contributed by atoms with Gasteiger partial charge in [0.15, 0.2) is 0 Å². The molecule has 0 radical (unpaired) electrons. The summed E-state index contributed by atoms with van der Waals surface area (Å²) in [5, 5.41) is 0.360. The molecule has 0 bridgehead atoms. The number of piperidine rings is 1. The van der Waals surface area contributed by atoms with Gasteiger partial charge >= 0.3 is 0 Å². The van der Waals surface area contributed by atoms with E-state index in [9.17, 15) is 4.79 Å². The molecule has 0 aliphatic carbocycles. The third-order valence-electron chi connectivity index (χ3n) is 3.53. The molecule has 98 valence electrons. The van der Waals surface area contributed by atoms with Crippen molar-refractivity contribution in [3.63, 3.8) is 0 Å². The Balaban J connectivity index is 2.32. The number of rotatable bonds is 1. The van der Waals surface area contributed by atoms with Crippen molar-refractivity contribution in [1.82, 2.24) is 9.88 Å². The van der Waals surface area contributed by atoms with Crippen molar-refractivity contribution in [2.75, 3.05) is 5.73 Å². The highest BCUT2D eigenvalue weighted by Gasteiger charge is 2.30. The number of amides is 1. The molecule has 1 aliphatic rings. The lowest BCUT2D eigenvalue weighted by Crippen LogP contribution is -2.47. The summed E-state index contributed by atoms with van der Waals surface area (Å²) >= 11 is 6.04. The molecule has 18 heavy (non-hydrogen) atoms. The summed E-state index contributed by atoms with van der Waals surface area (Å²) in [5.74, 6) is 0.272. The smallest absolute Gasteiger partial charge is 0.256 e. The van der Waals surface area contributed by atoms with Crippen molar-refractivity contribution in [2.45, 2.75) is 45.2 Å². The summed E-state index contributed by atoms with van der Waals surface area (Å²) in [7, 11) is 0. The fourth-order valence-corrected chi connectivity index (χ4v) is 2.76. The summed E-state index contributed by atoms with van der Waals surface area (Å²) in [6.07, 6.45) is 4.67. The molecule has 0 aromatic carbocycles. The van der Waals surface area contributed by atoms with Gasteiger partial charge in [-0.1, -0.05) is 11.6 Å². The van der Waals surface area contributed by atoms with Crippen molar-refractivity contribution in [2.24, 2.45) is 0 Å². The van der Waals surface area contributed by atoms with E-state index in [2.05, 4.69) is 18.8 Å². The molecule has 1 fully saturated rings. The highest BCUT2D eigenvalue weighted by molar-refractivity contribution is 6.33. The van der Waals surface area contributed by atoms with Crippen molar-refractivity contribution in [1.29, 1.82) is 0 Å². The quantitative estimate of drug-likeness (QED) is 0.851. The Labute approximate surface area is 112 Å². The first-order chi connectivity index (χ1) is 8.50. The minimum atomic E-state index is -0.0474. The Kier molecular flexibility index (Phi) is 3.76. The molecule has 5 heteroatoms. The van der Waals surface area contributed by atoms with Gasteiger partial charge in [-0.3, -0.25) is 4.79 Å². The monoisotopic (exact) mass is 267 g/mol. The number of carbonyl (C=O) groups excluding carboxylic acids is 1. The number of aromatic nitrogens is 1. The van der Waals surface area contributed by atoms with Crippen LogP contribution in [-0.4, -0.2) is 27.9 Å². The van der Waals surface area contributed by atoms with E-state index in [1.54, 1.807) is 6.07 Å². The SMILES string of the molecule is CC1CCCC(C)N1C(=O)c1cc(N)ncc1Cl. The van der Waals surface area contributed by atoms with Gasteiger partial charge in [-0.25, -0.2) is 4.98 Å². The van der Waals surface area contributed by atoms with Crippen molar-refractivity contribution in [3.8, 4) is 0 Å². The van der Waals surface area contributed by atoms with Crippen LogP contribution >= 0.6 is 11.6 Å². The second-order valence-corrected chi connectivity index (χ2v) is 5.34. The molecule has 1 aliphatic heterocycles. The van der Waals surface area contributed by atoms with Gasteiger partial charge < -0.3 is 10.6 Å². The second-order valence-electron chi connectivity index (χ2n) is 4.93. The first-order valence-corrected chi connectivity index (χ1v) is 6.62. The Morgan fingerprint density at radius 2 is 2.06 bits per heavy atom. The third-order valence-corrected chi connectivity index (χ3v) is 3.84. The maximum absolute atomic E-state index is 12.6. The number of pyridine rings is 1. The summed E-state index contributed by atoms with van der Waals surface area (Å²) in [5.41, 5.74) is 6.07. The lowest BCUT2D eigenvalue weighted by Gasteiger charge is -2.39. The fourth-order valence-electron chi connectivity index (χ4n) is 2.58. The molecule has 1 aromatic heterocycles. The normalized spacial score (nSPS) is 24.1. The van der Waals surface area contributed by atoms with E-state index in [0.29, 0.717) is 16.4 Å². The molecule has 4 nitrogen and oxygen atoms in total. The number of halogens is 1. The number of nitrogens with zero attached hydrogens (tertiary/aromatic N) is 2. The number of likely N-dealkylation sites (tertiary alicyclic amines) is 1. The van der Waals surface area contributed by atoms with E-state index in [-0.39, 0.29) is 18.0 Å². The van der Waals surface area contributed by atoms with Crippen LogP contribution in [0.25, 0.3) is 0 Å². The minimum Gasteiger partial charge on any atom is -0.384 e. The average Bonchev–Trinajstić information content (AvgIpc) is 2.32. The molecule has 1 amide bonds. The first kappa shape index (κ1) is 13.1. The Morgan fingerprint density at radius 3 is 2.67 bits per heavy atom. The largest absolute Gasteiger partial charge is 0.384 e. The number of hydrogen-bond donors (Lipinski definition) is 1. The molecule has 0 saturated carbocycles. The predicted molar refractivity (Wildman–Crippen MR) is 72.6 cm³/mol. The van der Waals surface area contributed by atoms with Gasteiger partial charge in [-0.2, -0.15) is 0 Å². The van der Waals surface area contributed by atoms with Gasteiger partial charge in [0.1, 0.15) is 5.82 Å². The van der Waals surface area contributed by atoms with Gasteiger partial charge in [0.2, 0.25) is 0 Å². The van der Waals surface area contributed by atoms with Gasteiger partial charge in [-0.15, -0.1) is 0 Å². The number of carbonyl (C=O) groups is 1. The Bertz CT molecular complexity index is 454. The molecule has 2 rings (SSSR count). The molecule has 2 heterocycles. The average molecular weight is 268 g/mol. The molecular weight excluding hydrogens is 250 g/mol. The number of hydrogen-bond acceptors (Lipinski definition) is 3. The van der Waals surface area contributed by atoms with Gasteiger partial charge in [0, 0.05) is 18.3 Å². The molecular formula is C13H18ClN3O. The van der Waals surface area contributed by atoms with Crippen LogP contribution in [0.15, 0.2) is 12.3 Å². The van der Waals surface area contributed by atoms with Crippen LogP contribution in [0.4, 0.5) is 5.82 Å². The topological polar surface area (TPSA) is 59.2 Å². The van der Waals surface area contributed by atoms with Gasteiger partial charge in [0.05, 0.1) is 10.6 Å². The van der Waals surface area contributed by atoms with Crippen molar-refractivity contribution < 1.29 is 4.79 Å². The maximum Gasteiger partial charge on any atom is 0.256 e. The van der Waals surface area contributed by atoms with E-state index in [0.717, 1.165) is 12.8 Å². The lowest BCUT2D eigenvalue weighted by molar-refractivity contribution is 0.0511. The van der Waals surface area contributed by atoms with Crippen LogP contribution in [0.3, 0.4) is 0 Å². The lowest BCUT2D eigenvalue weighted by atomic mass is 9.96. The summed E-state index contributed by atoms with van der Waals surface area (Å²) in [6.45, 7) is 4.15. The van der Waals surface area contributed by atoms with Crippen molar-refractivity contribution in [3.05, 3.63) is 22.8 Å². The van der Waals surface area contributed by atoms with Gasteiger partial charge in [-0.05, 0) is 39.2 Å². The number of anilines is 1. The Morgan fingerprint density at radius 1 is 1.44 bits per heavy atom. The summed E-state index contributed by atoms with van der Waals surface area (Å²) < 4.78 is 0. The first-order valence-electron chi connectivity index (χ1n) is 6.24.